The molecule has 1 fully saturated rings. The van der Waals surface area contributed by atoms with Crippen molar-refractivity contribution in [3.63, 3.8) is 0 Å². The molecule has 18 heavy (non-hydrogen) atoms. The fraction of sp³-hybridized carbons (Fsp3) is 0.933. The Morgan fingerprint density at radius 1 is 1.22 bits per heavy atom. The molecule has 0 aromatic carbocycles. The van der Waals surface area contributed by atoms with Gasteiger partial charge in [-0.2, -0.15) is 5.26 Å². The zero-order chi connectivity index (χ0) is 13.3. The van der Waals surface area contributed by atoms with E-state index in [1.165, 1.54) is 32.1 Å². The number of hydrogen-bond donors (Lipinski definition) is 1. The van der Waals surface area contributed by atoms with Crippen LogP contribution in [0.3, 0.4) is 0 Å². The maximum Gasteiger partial charge on any atom is 0.133 e. The predicted molar refractivity (Wildman–Crippen MR) is 74.3 cm³/mol. The van der Waals surface area contributed by atoms with Gasteiger partial charge < -0.3 is 4.74 Å². The van der Waals surface area contributed by atoms with E-state index < -0.39 is 5.54 Å². The molecule has 0 aliphatic heterocycles. The lowest BCUT2D eigenvalue weighted by Gasteiger charge is -2.27. The van der Waals surface area contributed by atoms with Crippen molar-refractivity contribution >= 4 is 0 Å². The van der Waals surface area contributed by atoms with Gasteiger partial charge in [0.05, 0.1) is 12.7 Å². The molecule has 0 aromatic rings. The van der Waals surface area contributed by atoms with Crippen LogP contribution in [-0.4, -0.2) is 25.3 Å². The van der Waals surface area contributed by atoms with Crippen molar-refractivity contribution in [2.45, 2.75) is 64.3 Å². The quantitative estimate of drug-likeness (QED) is 0.574. The van der Waals surface area contributed by atoms with E-state index in [0.717, 1.165) is 26.0 Å². The first-order valence-electron chi connectivity index (χ1n) is 7.53. The van der Waals surface area contributed by atoms with Gasteiger partial charge in [0.15, 0.2) is 0 Å². The summed E-state index contributed by atoms with van der Waals surface area (Å²) in [5.74, 6) is 0.504. The van der Waals surface area contributed by atoms with Crippen molar-refractivity contribution in [3.05, 3.63) is 0 Å². The maximum atomic E-state index is 9.46. The lowest BCUT2D eigenvalue weighted by atomic mass is 9.96. The van der Waals surface area contributed by atoms with E-state index in [1.54, 1.807) is 0 Å². The van der Waals surface area contributed by atoms with Crippen molar-refractivity contribution in [1.29, 1.82) is 5.26 Å². The number of unbranched alkanes of at least 4 members (excludes halogenated alkanes) is 3. The molecule has 0 heterocycles. The van der Waals surface area contributed by atoms with Crippen LogP contribution in [0.1, 0.15) is 58.8 Å². The first kappa shape index (κ1) is 15.5. The van der Waals surface area contributed by atoms with Gasteiger partial charge in [0.1, 0.15) is 5.54 Å². The average Bonchev–Trinajstić information content (AvgIpc) is 3.22. The lowest BCUT2D eigenvalue weighted by molar-refractivity contribution is 0.0781. The van der Waals surface area contributed by atoms with Gasteiger partial charge in [-0.05, 0) is 38.1 Å². The Morgan fingerprint density at radius 2 is 2.00 bits per heavy atom. The molecule has 0 amide bonds. The molecule has 1 aliphatic carbocycles. The van der Waals surface area contributed by atoms with Crippen LogP contribution in [-0.2, 0) is 4.74 Å². The van der Waals surface area contributed by atoms with Gasteiger partial charge in [-0.1, -0.05) is 33.1 Å². The molecule has 104 valence electrons. The van der Waals surface area contributed by atoms with Gasteiger partial charge in [0.25, 0.3) is 0 Å². The number of hydrogen-bond acceptors (Lipinski definition) is 3. The highest BCUT2D eigenvalue weighted by Crippen LogP contribution is 2.39. The molecule has 1 atom stereocenters. The molecule has 1 rings (SSSR count). The largest absolute Gasteiger partial charge is 0.378 e. The average molecular weight is 252 g/mol. The Hall–Kier alpha value is -0.590. The van der Waals surface area contributed by atoms with E-state index in [0.29, 0.717) is 12.5 Å². The number of rotatable bonds is 11. The Kier molecular flexibility index (Phi) is 7.31. The summed E-state index contributed by atoms with van der Waals surface area (Å²) in [6.45, 7) is 6.60. The molecule has 1 aliphatic rings. The number of nitrogens with one attached hydrogen (secondary N) is 1. The number of ether oxygens (including phenoxy) is 1. The summed E-state index contributed by atoms with van der Waals surface area (Å²) in [5, 5.41) is 12.9. The van der Waals surface area contributed by atoms with Crippen molar-refractivity contribution in [2.24, 2.45) is 5.92 Å². The molecule has 3 nitrogen and oxygen atoms in total. The van der Waals surface area contributed by atoms with Crippen LogP contribution in [0.25, 0.3) is 0 Å². The maximum absolute atomic E-state index is 9.46. The van der Waals surface area contributed by atoms with Crippen LogP contribution >= 0.6 is 0 Å². The molecule has 0 bridgehead atoms. The first-order chi connectivity index (χ1) is 8.79. The summed E-state index contributed by atoms with van der Waals surface area (Å²) in [4.78, 5) is 0. The van der Waals surface area contributed by atoms with Gasteiger partial charge in [-0.3, -0.25) is 5.32 Å². The van der Waals surface area contributed by atoms with Crippen molar-refractivity contribution in [2.75, 3.05) is 19.8 Å². The third-order valence-electron chi connectivity index (χ3n) is 3.64. The molecule has 1 N–H and O–H groups in total. The van der Waals surface area contributed by atoms with E-state index in [-0.39, 0.29) is 0 Å². The smallest absolute Gasteiger partial charge is 0.133 e. The lowest BCUT2D eigenvalue weighted by Crippen LogP contribution is -2.50. The van der Waals surface area contributed by atoms with E-state index in [1.807, 2.05) is 0 Å². The van der Waals surface area contributed by atoms with Crippen LogP contribution < -0.4 is 5.32 Å². The normalized spacial score (nSPS) is 18.3. The Balaban J connectivity index is 2.26. The van der Waals surface area contributed by atoms with Crippen molar-refractivity contribution < 1.29 is 4.74 Å². The topological polar surface area (TPSA) is 45.0 Å². The van der Waals surface area contributed by atoms with Gasteiger partial charge in [-0.25, -0.2) is 0 Å². The predicted octanol–water partition coefficient (Wildman–Crippen LogP) is 3.26. The minimum Gasteiger partial charge on any atom is -0.378 e. The summed E-state index contributed by atoms with van der Waals surface area (Å²) in [6.07, 6.45) is 8.29. The summed E-state index contributed by atoms with van der Waals surface area (Å²) >= 11 is 0. The molecular weight excluding hydrogens is 224 g/mol. The zero-order valence-corrected chi connectivity index (χ0v) is 12.0. The Labute approximate surface area is 112 Å². The first-order valence-corrected chi connectivity index (χ1v) is 7.53. The summed E-state index contributed by atoms with van der Waals surface area (Å²) in [7, 11) is 0. The molecule has 3 heteroatoms. The standard InChI is InChI=1S/C15H28N2O/c1-3-5-6-7-11-18-13-15(12-16,14-8-9-14)17-10-4-2/h14,17H,3-11,13H2,1-2H3. The SMILES string of the molecule is CCCCCCOCC(C#N)(NCCC)C1CC1. The van der Waals surface area contributed by atoms with Crippen LogP contribution in [0.2, 0.25) is 0 Å². The molecule has 0 radical (unpaired) electrons. The van der Waals surface area contributed by atoms with Gasteiger partial charge in [0, 0.05) is 6.61 Å². The molecule has 1 unspecified atom stereocenters. The second-order valence-electron chi connectivity index (χ2n) is 5.40. The molecular formula is C15H28N2O. The second-order valence-corrected chi connectivity index (χ2v) is 5.40. The molecule has 0 spiro atoms. The fourth-order valence-electron chi connectivity index (χ4n) is 2.26. The van der Waals surface area contributed by atoms with Crippen molar-refractivity contribution in [1.82, 2.24) is 5.32 Å². The number of nitrogens with zero attached hydrogens (tertiary/aromatic N) is 1. The van der Waals surface area contributed by atoms with E-state index in [9.17, 15) is 5.26 Å². The third-order valence-corrected chi connectivity index (χ3v) is 3.64. The third kappa shape index (κ3) is 4.96. The van der Waals surface area contributed by atoms with Crippen LogP contribution in [0, 0.1) is 17.2 Å². The molecule has 1 saturated carbocycles. The van der Waals surface area contributed by atoms with Gasteiger partial charge >= 0.3 is 0 Å². The summed E-state index contributed by atoms with van der Waals surface area (Å²) in [5.41, 5.74) is -0.416. The van der Waals surface area contributed by atoms with Crippen LogP contribution in [0.5, 0.6) is 0 Å². The van der Waals surface area contributed by atoms with E-state index >= 15 is 0 Å². The molecule has 0 saturated heterocycles. The van der Waals surface area contributed by atoms with Gasteiger partial charge in [-0.15, -0.1) is 0 Å². The highest BCUT2D eigenvalue weighted by atomic mass is 16.5. The van der Waals surface area contributed by atoms with E-state index in [2.05, 4.69) is 25.2 Å². The van der Waals surface area contributed by atoms with Crippen LogP contribution in [0.15, 0.2) is 0 Å². The summed E-state index contributed by atoms with van der Waals surface area (Å²) in [6, 6.07) is 2.48. The fourth-order valence-corrected chi connectivity index (χ4v) is 2.26. The molecule has 0 aromatic heterocycles. The monoisotopic (exact) mass is 252 g/mol. The minimum atomic E-state index is -0.416. The highest BCUT2D eigenvalue weighted by molar-refractivity contribution is 5.15. The number of nitriles is 1. The van der Waals surface area contributed by atoms with Gasteiger partial charge in [0.2, 0.25) is 0 Å². The summed E-state index contributed by atoms with van der Waals surface area (Å²) < 4.78 is 5.75. The highest BCUT2D eigenvalue weighted by Gasteiger charge is 2.45. The Morgan fingerprint density at radius 3 is 2.56 bits per heavy atom. The van der Waals surface area contributed by atoms with E-state index in [4.69, 9.17) is 4.74 Å². The Bertz CT molecular complexity index is 258. The second kappa shape index (κ2) is 8.50. The van der Waals surface area contributed by atoms with Crippen LogP contribution in [0.4, 0.5) is 0 Å². The van der Waals surface area contributed by atoms with Crippen molar-refractivity contribution in [3.8, 4) is 6.07 Å². The minimum absolute atomic E-state index is 0.416. The zero-order valence-electron chi connectivity index (χ0n) is 12.0.